The molecule has 0 aliphatic carbocycles. The number of rotatable bonds is 1. The minimum Gasteiger partial charge on any atom is -0.306 e. The van der Waals surface area contributed by atoms with Crippen LogP contribution in [0.15, 0.2) is 36.7 Å². The number of carbonyl (C=O) groups is 1. The molecule has 98 valence electrons. The lowest BCUT2D eigenvalue weighted by molar-refractivity contribution is 0.0980. The van der Waals surface area contributed by atoms with Gasteiger partial charge in [-0.3, -0.25) is 9.78 Å². The van der Waals surface area contributed by atoms with E-state index in [1.54, 1.807) is 29.4 Å². The van der Waals surface area contributed by atoms with Crippen LogP contribution in [0.4, 0.5) is 5.69 Å². The van der Waals surface area contributed by atoms with Gasteiger partial charge in [-0.1, -0.05) is 6.07 Å². The molecule has 0 bridgehead atoms. The van der Waals surface area contributed by atoms with Crippen molar-refractivity contribution in [2.45, 2.75) is 13.3 Å². The van der Waals surface area contributed by atoms with E-state index < -0.39 is 0 Å². The fraction of sp³-hybridized carbons (Fsp3) is 0.188. The van der Waals surface area contributed by atoms with Crippen molar-refractivity contribution >= 4 is 11.6 Å². The standard InChI is InChI=1S/C16H13N3O/c1-11-4-6-18-10-15(11)19-7-5-13-3-2-12(9-17)8-14(13)16(19)20/h2-4,6,8,10H,5,7H2,1H3. The van der Waals surface area contributed by atoms with Gasteiger partial charge in [0, 0.05) is 18.3 Å². The summed E-state index contributed by atoms with van der Waals surface area (Å²) in [5.41, 5.74) is 4.01. The van der Waals surface area contributed by atoms with Crippen LogP contribution in [-0.2, 0) is 6.42 Å². The molecular weight excluding hydrogens is 250 g/mol. The number of nitrogens with zero attached hydrogens (tertiary/aromatic N) is 3. The van der Waals surface area contributed by atoms with Crippen LogP contribution < -0.4 is 4.90 Å². The van der Waals surface area contributed by atoms with Crippen LogP contribution in [0.5, 0.6) is 0 Å². The second-order valence-electron chi connectivity index (χ2n) is 4.85. The number of aromatic nitrogens is 1. The van der Waals surface area contributed by atoms with Gasteiger partial charge in [0.2, 0.25) is 0 Å². The van der Waals surface area contributed by atoms with Gasteiger partial charge in [0.1, 0.15) is 0 Å². The first kappa shape index (κ1) is 12.4. The summed E-state index contributed by atoms with van der Waals surface area (Å²) in [4.78, 5) is 18.5. The quantitative estimate of drug-likeness (QED) is 0.794. The predicted molar refractivity (Wildman–Crippen MR) is 75.5 cm³/mol. The smallest absolute Gasteiger partial charge is 0.258 e. The molecule has 1 aromatic heterocycles. The zero-order chi connectivity index (χ0) is 14.1. The molecule has 0 saturated heterocycles. The normalized spacial score (nSPS) is 13.8. The zero-order valence-corrected chi connectivity index (χ0v) is 11.1. The fourth-order valence-corrected chi connectivity index (χ4v) is 2.51. The minimum atomic E-state index is -0.0561. The van der Waals surface area contributed by atoms with E-state index in [1.807, 2.05) is 19.1 Å². The third-order valence-electron chi connectivity index (χ3n) is 3.62. The van der Waals surface area contributed by atoms with Crippen molar-refractivity contribution < 1.29 is 4.79 Å². The van der Waals surface area contributed by atoms with Gasteiger partial charge < -0.3 is 4.90 Å². The number of hydrogen-bond donors (Lipinski definition) is 0. The summed E-state index contributed by atoms with van der Waals surface area (Å²) >= 11 is 0. The third kappa shape index (κ3) is 1.94. The highest BCUT2D eigenvalue weighted by Crippen LogP contribution is 2.26. The van der Waals surface area contributed by atoms with Gasteiger partial charge in [-0.05, 0) is 42.7 Å². The molecule has 0 N–H and O–H groups in total. The molecule has 0 saturated carbocycles. The van der Waals surface area contributed by atoms with Gasteiger partial charge in [0.15, 0.2) is 0 Å². The monoisotopic (exact) mass is 263 g/mol. The number of carbonyl (C=O) groups excluding carboxylic acids is 1. The molecule has 1 aliphatic heterocycles. The third-order valence-corrected chi connectivity index (χ3v) is 3.62. The molecule has 0 radical (unpaired) electrons. The highest BCUT2D eigenvalue weighted by molar-refractivity contribution is 6.08. The second kappa shape index (κ2) is 4.78. The maximum atomic E-state index is 12.6. The van der Waals surface area contributed by atoms with Gasteiger partial charge in [-0.2, -0.15) is 5.26 Å². The summed E-state index contributed by atoms with van der Waals surface area (Å²) in [6, 6.07) is 9.28. The van der Waals surface area contributed by atoms with E-state index in [2.05, 4.69) is 11.1 Å². The molecule has 3 rings (SSSR count). The summed E-state index contributed by atoms with van der Waals surface area (Å²) in [5.74, 6) is -0.0561. The highest BCUT2D eigenvalue weighted by Gasteiger charge is 2.26. The molecule has 1 aliphatic rings. The Morgan fingerprint density at radius 1 is 1.35 bits per heavy atom. The van der Waals surface area contributed by atoms with Crippen molar-refractivity contribution in [3.8, 4) is 6.07 Å². The summed E-state index contributed by atoms with van der Waals surface area (Å²) in [6.45, 7) is 2.61. The Hall–Kier alpha value is -2.67. The van der Waals surface area contributed by atoms with Crippen LogP contribution in [0.3, 0.4) is 0 Å². The molecule has 0 unspecified atom stereocenters. The van der Waals surface area contributed by atoms with Gasteiger partial charge >= 0.3 is 0 Å². The van der Waals surface area contributed by atoms with Crippen molar-refractivity contribution in [2.75, 3.05) is 11.4 Å². The Bertz CT molecular complexity index is 731. The van der Waals surface area contributed by atoms with Crippen LogP contribution in [-0.4, -0.2) is 17.4 Å². The van der Waals surface area contributed by atoms with Crippen molar-refractivity contribution in [1.82, 2.24) is 4.98 Å². The number of hydrogen-bond acceptors (Lipinski definition) is 3. The molecule has 20 heavy (non-hydrogen) atoms. The largest absolute Gasteiger partial charge is 0.306 e. The Morgan fingerprint density at radius 3 is 2.95 bits per heavy atom. The first-order chi connectivity index (χ1) is 9.70. The van der Waals surface area contributed by atoms with Crippen LogP contribution in [0.1, 0.15) is 27.0 Å². The maximum absolute atomic E-state index is 12.6. The molecule has 4 nitrogen and oxygen atoms in total. The van der Waals surface area contributed by atoms with E-state index in [0.717, 1.165) is 23.2 Å². The van der Waals surface area contributed by atoms with Crippen molar-refractivity contribution in [3.05, 3.63) is 58.9 Å². The molecule has 1 amide bonds. The van der Waals surface area contributed by atoms with E-state index in [9.17, 15) is 4.79 Å². The fourth-order valence-electron chi connectivity index (χ4n) is 2.51. The average molecular weight is 263 g/mol. The molecule has 2 aromatic rings. The number of pyridine rings is 1. The molecule has 0 fully saturated rings. The summed E-state index contributed by atoms with van der Waals surface area (Å²) in [6.07, 6.45) is 4.22. The van der Waals surface area contributed by atoms with Crippen LogP contribution >= 0.6 is 0 Å². The lowest BCUT2D eigenvalue weighted by Gasteiger charge is -2.29. The van der Waals surface area contributed by atoms with Crippen LogP contribution in [0.25, 0.3) is 0 Å². The molecule has 0 atom stereocenters. The zero-order valence-electron chi connectivity index (χ0n) is 11.1. The van der Waals surface area contributed by atoms with Crippen molar-refractivity contribution in [1.29, 1.82) is 5.26 Å². The first-order valence-corrected chi connectivity index (χ1v) is 6.46. The van der Waals surface area contributed by atoms with Crippen molar-refractivity contribution in [2.24, 2.45) is 0 Å². The maximum Gasteiger partial charge on any atom is 0.258 e. The lowest BCUT2D eigenvalue weighted by Crippen LogP contribution is -2.38. The van der Waals surface area contributed by atoms with Crippen LogP contribution in [0.2, 0.25) is 0 Å². The van der Waals surface area contributed by atoms with E-state index in [0.29, 0.717) is 17.7 Å². The van der Waals surface area contributed by atoms with Gasteiger partial charge in [-0.25, -0.2) is 0 Å². The number of aryl methyl sites for hydroxylation is 1. The average Bonchev–Trinajstić information content (AvgIpc) is 2.48. The second-order valence-corrected chi connectivity index (χ2v) is 4.85. The molecule has 4 heteroatoms. The molecule has 2 heterocycles. The summed E-state index contributed by atoms with van der Waals surface area (Å²) in [7, 11) is 0. The number of fused-ring (bicyclic) bond motifs is 1. The number of benzene rings is 1. The minimum absolute atomic E-state index is 0.0561. The van der Waals surface area contributed by atoms with E-state index in [-0.39, 0.29) is 5.91 Å². The Labute approximate surface area is 117 Å². The highest BCUT2D eigenvalue weighted by atomic mass is 16.2. The number of amides is 1. The number of nitriles is 1. The molecule has 1 aromatic carbocycles. The predicted octanol–water partition coefficient (Wildman–Crippen LogP) is 2.46. The summed E-state index contributed by atoms with van der Waals surface area (Å²) < 4.78 is 0. The van der Waals surface area contributed by atoms with Gasteiger partial charge in [-0.15, -0.1) is 0 Å². The Balaban J connectivity index is 2.05. The van der Waals surface area contributed by atoms with E-state index in [1.165, 1.54) is 0 Å². The lowest BCUT2D eigenvalue weighted by atomic mass is 9.96. The van der Waals surface area contributed by atoms with E-state index >= 15 is 0 Å². The van der Waals surface area contributed by atoms with Gasteiger partial charge in [0.25, 0.3) is 5.91 Å². The molecular formula is C16H13N3O. The van der Waals surface area contributed by atoms with E-state index in [4.69, 9.17) is 5.26 Å². The summed E-state index contributed by atoms with van der Waals surface area (Å²) in [5, 5.41) is 8.97. The van der Waals surface area contributed by atoms with Crippen LogP contribution in [0, 0.1) is 18.3 Å². The Morgan fingerprint density at radius 2 is 2.20 bits per heavy atom. The van der Waals surface area contributed by atoms with Crippen molar-refractivity contribution in [3.63, 3.8) is 0 Å². The SMILES string of the molecule is Cc1ccncc1N1CCc2ccc(C#N)cc2C1=O. The first-order valence-electron chi connectivity index (χ1n) is 6.46. The molecule has 0 spiro atoms. The topological polar surface area (TPSA) is 57.0 Å². The number of anilines is 1. The van der Waals surface area contributed by atoms with Gasteiger partial charge in [0.05, 0.1) is 23.5 Å². The Kier molecular flexibility index (Phi) is 2.96.